The molecule has 0 unspecified atom stereocenters. The molecule has 4 nitrogen and oxygen atoms in total. The Labute approximate surface area is 153 Å². The maximum absolute atomic E-state index is 5.71. The normalized spacial score (nSPS) is 9.96. The Hall–Kier alpha value is -0.680. The number of benzene rings is 1. The van der Waals surface area contributed by atoms with Crippen LogP contribution in [-0.4, -0.2) is 45.3 Å². The monoisotopic (exact) mass is 366 g/mol. The SMILES string of the molecule is CCCOc1ccc(CNCCCN(C)C)cc1OCC.Cl.Cl. The number of hydrogen-bond donors (Lipinski definition) is 1. The summed E-state index contributed by atoms with van der Waals surface area (Å²) in [7, 11) is 4.20. The molecule has 6 heteroatoms. The average Bonchev–Trinajstić information content (AvgIpc) is 2.46. The molecule has 0 atom stereocenters. The van der Waals surface area contributed by atoms with Crippen LogP contribution in [0.3, 0.4) is 0 Å². The predicted molar refractivity (Wildman–Crippen MR) is 103 cm³/mol. The van der Waals surface area contributed by atoms with Crippen LogP contribution in [0.1, 0.15) is 32.3 Å². The Balaban J connectivity index is 0. The van der Waals surface area contributed by atoms with E-state index in [1.54, 1.807) is 0 Å². The lowest BCUT2D eigenvalue weighted by atomic mass is 10.2. The molecule has 1 aromatic carbocycles. The molecule has 0 bridgehead atoms. The number of halogens is 2. The molecule has 0 radical (unpaired) electrons. The maximum Gasteiger partial charge on any atom is 0.161 e. The third-order valence-corrected chi connectivity index (χ3v) is 3.06. The molecule has 1 rings (SSSR count). The molecule has 0 fully saturated rings. The zero-order valence-electron chi connectivity index (χ0n) is 14.8. The van der Waals surface area contributed by atoms with Gasteiger partial charge in [-0.1, -0.05) is 13.0 Å². The van der Waals surface area contributed by atoms with E-state index >= 15 is 0 Å². The third kappa shape index (κ3) is 10.7. The van der Waals surface area contributed by atoms with Crippen molar-refractivity contribution in [3.63, 3.8) is 0 Å². The topological polar surface area (TPSA) is 33.7 Å². The first-order valence-electron chi connectivity index (χ1n) is 7.91. The highest BCUT2D eigenvalue weighted by Crippen LogP contribution is 2.28. The van der Waals surface area contributed by atoms with Crippen LogP contribution in [0.15, 0.2) is 18.2 Å². The fourth-order valence-corrected chi connectivity index (χ4v) is 2.02. The highest BCUT2D eigenvalue weighted by molar-refractivity contribution is 5.85. The summed E-state index contributed by atoms with van der Waals surface area (Å²) in [4.78, 5) is 2.20. The van der Waals surface area contributed by atoms with Crippen molar-refractivity contribution in [3.8, 4) is 11.5 Å². The molecule has 0 spiro atoms. The van der Waals surface area contributed by atoms with Crippen LogP contribution in [0.4, 0.5) is 0 Å². The van der Waals surface area contributed by atoms with Crippen molar-refractivity contribution in [1.82, 2.24) is 10.2 Å². The van der Waals surface area contributed by atoms with E-state index < -0.39 is 0 Å². The molecule has 0 amide bonds. The average molecular weight is 367 g/mol. The summed E-state index contributed by atoms with van der Waals surface area (Å²) < 4.78 is 11.4. The van der Waals surface area contributed by atoms with Crippen LogP contribution in [-0.2, 0) is 6.54 Å². The van der Waals surface area contributed by atoms with E-state index in [2.05, 4.69) is 43.4 Å². The molecule has 0 aliphatic carbocycles. The van der Waals surface area contributed by atoms with Crippen LogP contribution in [0.25, 0.3) is 0 Å². The van der Waals surface area contributed by atoms with Crippen LogP contribution in [0.5, 0.6) is 11.5 Å². The first-order chi connectivity index (χ1) is 10.2. The van der Waals surface area contributed by atoms with Crippen molar-refractivity contribution in [2.45, 2.75) is 33.2 Å². The molecule has 0 aliphatic heterocycles. The van der Waals surface area contributed by atoms with Gasteiger partial charge in [-0.05, 0) is 64.6 Å². The molecule has 0 heterocycles. The van der Waals surface area contributed by atoms with Gasteiger partial charge in [-0.25, -0.2) is 0 Å². The van der Waals surface area contributed by atoms with Gasteiger partial charge in [0.05, 0.1) is 13.2 Å². The minimum absolute atomic E-state index is 0. The smallest absolute Gasteiger partial charge is 0.161 e. The van der Waals surface area contributed by atoms with Gasteiger partial charge in [0, 0.05) is 6.54 Å². The fraction of sp³-hybridized carbons (Fsp3) is 0.647. The maximum atomic E-state index is 5.71. The number of ether oxygens (including phenoxy) is 2. The van der Waals surface area contributed by atoms with E-state index in [-0.39, 0.29) is 24.8 Å². The minimum Gasteiger partial charge on any atom is -0.490 e. The summed E-state index contributed by atoms with van der Waals surface area (Å²) in [5, 5.41) is 3.47. The van der Waals surface area contributed by atoms with Gasteiger partial charge >= 0.3 is 0 Å². The molecule has 0 aliphatic rings. The van der Waals surface area contributed by atoms with E-state index in [9.17, 15) is 0 Å². The number of rotatable bonds is 11. The molecular weight excluding hydrogens is 335 g/mol. The Kier molecular flexibility index (Phi) is 15.9. The van der Waals surface area contributed by atoms with Crippen LogP contribution >= 0.6 is 24.8 Å². The fourth-order valence-electron chi connectivity index (χ4n) is 2.02. The highest BCUT2D eigenvalue weighted by atomic mass is 35.5. The second-order valence-electron chi connectivity index (χ2n) is 5.40. The summed E-state index contributed by atoms with van der Waals surface area (Å²) in [6.07, 6.45) is 2.16. The number of nitrogens with one attached hydrogen (secondary N) is 1. The Bertz CT molecular complexity index is 404. The van der Waals surface area contributed by atoms with E-state index in [1.807, 2.05) is 13.0 Å². The molecular formula is C17H32Cl2N2O2. The lowest BCUT2D eigenvalue weighted by Crippen LogP contribution is -2.21. The van der Waals surface area contributed by atoms with Gasteiger partial charge in [-0.15, -0.1) is 24.8 Å². The van der Waals surface area contributed by atoms with Crippen LogP contribution in [0, 0.1) is 0 Å². The molecule has 1 aromatic rings. The molecule has 136 valence electrons. The molecule has 1 N–H and O–H groups in total. The first-order valence-corrected chi connectivity index (χ1v) is 7.91. The van der Waals surface area contributed by atoms with E-state index in [0.717, 1.165) is 50.6 Å². The Morgan fingerprint density at radius 1 is 1.04 bits per heavy atom. The van der Waals surface area contributed by atoms with Crippen LogP contribution < -0.4 is 14.8 Å². The van der Waals surface area contributed by atoms with Crippen molar-refractivity contribution >= 4 is 24.8 Å². The van der Waals surface area contributed by atoms with Crippen LogP contribution in [0.2, 0.25) is 0 Å². The van der Waals surface area contributed by atoms with Crippen molar-refractivity contribution in [2.75, 3.05) is 40.4 Å². The Morgan fingerprint density at radius 3 is 2.39 bits per heavy atom. The minimum atomic E-state index is 0. The zero-order chi connectivity index (χ0) is 15.5. The Morgan fingerprint density at radius 2 is 1.78 bits per heavy atom. The van der Waals surface area contributed by atoms with Gasteiger partial charge in [0.1, 0.15) is 0 Å². The summed E-state index contributed by atoms with van der Waals surface area (Å²) in [5.74, 6) is 1.69. The van der Waals surface area contributed by atoms with Crippen molar-refractivity contribution in [2.24, 2.45) is 0 Å². The van der Waals surface area contributed by atoms with Gasteiger partial charge in [0.15, 0.2) is 11.5 Å². The van der Waals surface area contributed by atoms with Crippen molar-refractivity contribution in [3.05, 3.63) is 23.8 Å². The summed E-state index contributed by atoms with van der Waals surface area (Å²) >= 11 is 0. The lowest BCUT2D eigenvalue weighted by molar-refractivity contribution is 0.276. The standard InChI is InChI=1S/C17H30N2O2.2ClH/c1-5-12-21-16-9-8-15(13-17(16)20-6-2)14-18-10-7-11-19(3)4;;/h8-9,13,18H,5-7,10-12,14H2,1-4H3;2*1H. The van der Waals surface area contributed by atoms with Crippen molar-refractivity contribution in [1.29, 1.82) is 0 Å². The predicted octanol–water partition coefficient (Wildman–Crippen LogP) is 3.76. The second-order valence-corrected chi connectivity index (χ2v) is 5.40. The second kappa shape index (κ2) is 14.9. The summed E-state index contributed by atoms with van der Waals surface area (Å²) in [5.41, 5.74) is 1.23. The quantitative estimate of drug-likeness (QED) is 0.604. The van der Waals surface area contributed by atoms with Gasteiger partial charge < -0.3 is 19.7 Å². The molecule has 0 saturated carbocycles. The van der Waals surface area contributed by atoms with Crippen molar-refractivity contribution < 1.29 is 9.47 Å². The summed E-state index contributed by atoms with van der Waals surface area (Å²) in [6, 6.07) is 6.19. The highest BCUT2D eigenvalue weighted by Gasteiger charge is 2.06. The number of nitrogens with zero attached hydrogens (tertiary/aromatic N) is 1. The van der Waals surface area contributed by atoms with Gasteiger partial charge in [0.2, 0.25) is 0 Å². The summed E-state index contributed by atoms with van der Waals surface area (Å²) in [6.45, 7) is 8.48. The number of hydrogen-bond acceptors (Lipinski definition) is 4. The van der Waals surface area contributed by atoms with Gasteiger partial charge in [0.25, 0.3) is 0 Å². The van der Waals surface area contributed by atoms with Gasteiger partial charge in [-0.3, -0.25) is 0 Å². The zero-order valence-corrected chi connectivity index (χ0v) is 16.4. The lowest BCUT2D eigenvalue weighted by Gasteiger charge is -2.14. The van der Waals surface area contributed by atoms with E-state index in [1.165, 1.54) is 5.56 Å². The van der Waals surface area contributed by atoms with E-state index in [0.29, 0.717) is 6.61 Å². The van der Waals surface area contributed by atoms with Gasteiger partial charge in [-0.2, -0.15) is 0 Å². The largest absolute Gasteiger partial charge is 0.490 e. The van der Waals surface area contributed by atoms with E-state index in [4.69, 9.17) is 9.47 Å². The molecule has 0 aromatic heterocycles. The molecule has 23 heavy (non-hydrogen) atoms. The third-order valence-electron chi connectivity index (χ3n) is 3.06. The molecule has 0 saturated heterocycles. The first kappa shape index (κ1) is 24.6.